The van der Waals surface area contributed by atoms with Gasteiger partial charge in [-0.2, -0.15) is 0 Å². The van der Waals surface area contributed by atoms with Crippen LogP contribution < -0.4 is 15.8 Å². The van der Waals surface area contributed by atoms with E-state index in [1.165, 1.54) is 5.56 Å². The van der Waals surface area contributed by atoms with Crippen LogP contribution in [0.1, 0.15) is 25.0 Å². The molecule has 1 aromatic heterocycles. The number of hydrogen-bond donors (Lipinski definition) is 2. The molecular weight excluding hydrogens is 403 g/mol. The van der Waals surface area contributed by atoms with Gasteiger partial charge in [-0.05, 0) is 37.1 Å². The van der Waals surface area contributed by atoms with Crippen LogP contribution in [0.4, 0.5) is 5.69 Å². The Balaban J connectivity index is 0.00000264. The van der Waals surface area contributed by atoms with Crippen molar-refractivity contribution >= 4 is 35.6 Å². The number of nitrogens with two attached hydrogens (primary N) is 1. The number of benzene rings is 1. The van der Waals surface area contributed by atoms with Gasteiger partial charge in [0.2, 0.25) is 5.88 Å². The summed E-state index contributed by atoms with van der Waals surface area (Å²) < 4.78 is 5.48. The Morgan fingerprint density at radius 1 is 1.26 bits per heavy atom. The molecule has 0 spiro atoms. The molecule has 3 N–H and O–H groups in total. The van der Waals surface area contributed by atoms with Gasteiger partial charge in [0.1, 0.15) is 0 Å². The molecule has 0 aliphatic carbocycles. The summed E-state index contributed by atoms with van der Waals surface area (Å²) in [7, 11) is 0. The average molecular weight is 426 g/mol. The molecule has 23 heavy (non-hydrogen) atoms. The van der Waals surface area contributed by atoms with E-state index in [0.29, 0.717) is 25.0 Å². The number of pyridine rings is 1. The number of halogens is 1. The van der Waals surface area contributed by atoms with Crippen LogP contribution in [0.3, 0.4) is 0 Å². The second-order valence-electron chi connectivity index (χ2n) is 4.78. The van der Waals surface area contributed by atoms with Crippen molar-refractivity contribution in [2.24, 2.45) is 10.7 Å². The third kappa shape index (κ3) is 6.05. The quantitative estimate of drug-likeness (QED) is 0.421. The molecule has 2 rings (SSSR count). The number of ether oxygens (including phenoxy) is 1. The van der Waals surface area contributed by atoms with E-state index >= 15 is 0 Å². The van der Waals surface area contributed by atoms with Crippen molar-refractivity contribution in [3.8, 4) is 5.88 Å². The summed E-state index contributed by atoms with van der Waals surface area (Å²) in [5.74, 6) is 0.981. The summed E-state index contributed by atoms with van der Waals surface area (Å²) in [4.78, 5) is 8.55. The normalized spacial score (nSPS) is 10.8. The maximum absolute atomic E-state index is 5.95. The number of nitrogens with zero attached hydrogens (tertiary/aromatic N) is 2. The van der Waals surface area contributed by atoms with Crippen molar-refractivity contribution in [1.29, 1.82) is 0 Å². The monoisotopic (exact) mass is 426 g/mol. The topological polar surface area (TPSA) is 72.5 Å². The summed E-state index contributed by atoms with van der Waals surface area (Å²) in [5.41, 5.74) is 9.06. The van der Waals surface area contributed by atoms with Gasteiger partial charge in [-0.25, -0.2) is 9.98 Å². The van der Waals surface area contributed by atoms with Gasteiger partial charge in [0.05, 0.1) is 13.2 Å². The van der Waals surface area contributed by atoms with Crippen molar-refractivity contribution in [3.05, 3.63) is 53.7 Å². The van der Waals surface area contributed by atoms with E-state index in [9.17, 15) is 0 Å². The summed E-state index contributed by atoms with van der Waals surface area (Å²) in [6.07, 6.45) is 2.69. The number of aliphatic imine (C=N–C) groups is 1. The second-order valence-corrected chi connectivity index (χ2v) is 4.78. The lowest BCUT2D eigenvalue weighted by Crippen LogP contribution is -2.22. The Morgan fingerprint density at radius 3 is 2.83 bits per heavy atom. The summed E-state index contributed by atoms with van der Waals surface area (Å²) in [6, 6.07) is 11.9. The summed E-state index contributed by atoms with van der Waals surface area (Å²) in [6.45, 7) is 5.05. The SMILES string of the molecule is CCOc1ncccc1CN=C(N)Nc1cccc(CC)c1.I. The molecular formula is C17H23IN4O. The molecule has 1 aromatic carbocycles. The Hall–Kier alpha value is -1.83. The van der Waals surface area contributed by atoms with E-state index < -0.39 is 0 Å². The highest BCUT2D eigenvalue weighted by molar-refractivity contribution is 14.0. The van der Waals surface area contributed by atoms with Crippen LogP contribution in [0, 0.1) is 0 Å². The smallest absolute Gasteiger partial charge is 0.218 e. The molecule has 0 bridgehead atoms. The second kappa shape index (κ2) is 10.0. The number of aromatic nitrogens is 1. The number of rotatable bonds is 6. The Labute approximate surface area is 154 Å². The maximum Gasteiger partial charge on any atom is 0.218 e. The molecule has 0 aliphatic rings. The minimum Gasteiger partial charge on any atom is -0.478 e. The molecule has 0 saturated carbocycles. The zero-order valence-electron chi connectivity index (χ0n) is 13.5. The Morgan fingerprint density at radius 2 is 2.09 bits per heavy atom. The summed E-state index contributed by atoms with van der Waals surface area (Å²) >= 11 is 0. The van der Waals surface area contributed by atoms with Gasteiger partial charge in [-0.1, -0.05) is 25.1 Å². The highest BCUT2D eigenvalue weighted by Gasteiger charge is 2.03. The standard InChI is InChI=1S/C17H22N4O.HI/c1-3-13-7-5-9-15(11-13)21-17(18)20-12-14-8-6-10-19-16(14)22-4-2;/h5-11H,3-4,12H2,1-2H3,(H3,18,20,21);1H. The lowest BCUT2D eigenvalue weighted by molar-refractivity contribution is 0.323. The molecule has 0 fully saturated rings. The fourth-order valence-electron chi connectivity index (χ4n) is 2.04. The van der Waals surface area contributed by atoms with Crippen LogP contribution >= 0.6 is 24.0 Å². The van der Waals surface area contributed by atoms with E-state index in [1.807, 2.05) is 31.2 Å². The number of aryl methyl sites for hydroxylation is 1. The summed E-state index contributed by atoms with van der Waals surface area (Å²) in [5, 5.41) is 3.10. The first-order chi connectivity index (χ1) is 10.7. The molecule has 0 saturated heterocycles. The molecule has 1 heterocycles. The highest BCUT2D eigenvalue weighted by atomic mass is 127. The van der Waals surface area contributed by atoms with Gasteiger partial charge < -0.3 is 15.8 Å². The number of nitrogens with one attached hydrogen (secondary N) is 1. The Kier molecular flexibility index (Phi) is 8.39. The number of hydrogen-bond acceptors (Lipinski definition) is 3. The number of anilines is 1. The van der Waals surface area contributed by atoms with E-state index in [0.717, 1.165) is 17.7 Å². The largest absolute Gasteiger partial charge is 0.478 e. The lowest BCUT2D eigenvalue weighted by atomic mass is 10.1. The first-order valence-corrected chi connectivity index (χ1v) is 7.45. The van der Waals surface area contributed by atoms with Gasteiger partial charge in [0.15, 0.2) is 5.96 Å². The number of guanidine groups is 1. The molecule has 0 amide bonds. The molecule has 0 radical (unpaired) electrons. The van der Waals surface area contributed by atoms with Gasteiger partial charge >= 0.3 is 0 Å². The Bertz CT molecular complexity index is 646. The third-order valence-electron chi connectivity index (χ3n) is 3.16. The lowest BCUT2D eigenvalue weighted by Gasteiger charge is -2.09. The van der Waals surface area contributed by atoms with E-state index in [4.69, 9.17) is 10.5 Å². The van der Waals surface area contributed by atoms with E-state index in [-0.39, 0.29) is 24.0 Å². The first kappa shape index (κ1) is 19.2. The molecule has 6 heteroatoms. The minimum atomic E-state index is 0. The fourth-order valence-corrected chi connectivity index (χ4v) is 2.04. The van der Waals surface area contributed by atoms with Crippen molar-refractivity contribution in [1.82, 2.24) is 4.98 Å². The van der Waals surface area contributed by atoms with E-state index in [2.05, 4.69) is 34.3 Å². The van der Waals surface area contributed by atoms with Gasteiger partial charge in [0.25, 0.3) is 0 Å². The zero-order valence-corrected chi connectivity index (χ0v) is 15.8. The molecule has 0 atom stereocenters. The van der Waals surface area contributed by atoms with Crippen molar-refractivity contribution in [3.63, 3.8) is 0 Å². The average Bonchev–Trinajstić information content (AvgIpc) is 2.54. The molecule has 0 unspecified atom stereocenters. The predicted octanol–water partition coefficient (Wildman–Crippen LogP) is 3.59. The molecule has 124 valence electrons. The van der Waals surface area contributed by atoms with E-state index in [1.54, 1.807) is 6.20 Å². The van der Waals surface area contributed by atoms with Gasteiger partial charge in [-0.3, -0.25) is 0 Å². The molecule has 0 aliphatic heterocycles. The zero-order chi connectivity index (χ0) is 15.8. The van der Waals surface area contributed by atoms with Crippen molar-refractivity contribution in [2.45, 2.75) is 26.8 Å². The van der Waals surface area contributed by atoms with Crippen LogP contribution in [-0.4, -0.2) is 17.6 Å². The first-order valence-electron chi connectivity index (χ1n) is 7.45. The predicted molar refractivity (Wildman–Crippen MR) is 106 cm³/mol. The van der Waals surface area contributed by atoms with Crippen molar-refractivity contribution in [2.75, 3.05) is 11.9 Å². The van der Waals surface area contributed by atoms with Crippen LogP contribution in [0.15, 0.2) is 47.6 Å². The molecule has 2 aromatic rings. The minimum absolute atomic E-state index is 0. The van der Waals surface area contributed by atoms with Gasteiger partial charge in [-0.15, -0.1) is 24.0 Å². The maximum atomic E-state index is 5.95. The van der Waals surface area contributed by atoms with Crippen LogP contribution in [0.25, 0.3) is 0 Å². The van der Waals surface area contributed by atoms with Crippen LogP contribution in [0.5, 0.6) is 5.88 Å². The van der Waals surface area contributed by atoms with Crippen LogP contribution in [0.2, 0.25) is 0 Å². The van der Waals surface area contributed by atoms with Crippen molar-refractivity contribution < 1.29 is 4.74 Å². The highest BCUT2D eigenvalue weighted by Crippen LogP contribution is 2.15. The molecule has 5 nitrogen and oxygen atoms in total. The fraction of sp³-hybridized carbons (Fsp3) is 0.294. The van der Waals surface area contributed by atoms with Gasteiger partial charge in [0, 0.05) is 17.4 Å². The van der Waals surface area contributed by atoms with Crippen LogP contribution in [-0.2, 0) is 13.0 Å². The third-order valence-corrected chi connectivity index (χ3v) is 3.16.